The van der Waals surface area contributed by atoms with Crippen molar-refractivity contribution in [2.45, 2.75) is 6.92 Å². The van der Waals surface area contributed by atoms with Gasteiger partial charge < -0.3 is 0 Å². The highest BCUT2D eigenvalue weighted by atomic mass is 15.4. The summed E-state index contributed by atoms with van der Waals surface area (Å²) in [5.41, 5.74) is 0. The SMILES string of the molecule is C=CCN(C)/N=C/C. The Hall–Kier alpha value is -0.790. The van der Waals surface area contributed by atoms with E-state index in [-0.39, 0.29) is 0 Å². The molecule has 0 aromatic heterocycles. The van der Waals surface area contributed by atoms with Crippen molar-refractivity contribution in [1.29, 1.82) is 0 Å². The van der Waals surface area contributed by atoms with Crippen molar-refractivity contribution in [3.05, 3.63) is 12.7 Å². The third kappa shape index (κ3) is 3.40. The topological polar surface area (TPSA) is 15.6 Å². The van der Waals surface area contributed by atoms with E-state index in [1.165, 1.54) is 0 Å². The minimum atomic E-state index is 0.810. The molecule has 2 heteroatoms. The standard InChI is InChI=1S/C6H12N2/c1-4-6-8(3)7-5-2/h4-5H,1,6H2,2-3H3/b7-5+. The zero-order valence-corrected chi connectivity index (χ0v) is 5.46. The molecule has 0 atom stereocenters. The van der Waals surface area contributed by atoms with E-state index in [1.807, 2.05) is 25.1 Å². The van der Waals surface area contributed by atoms with Gasteiger partial charge in [-0.15, -0.1) is 6.58 Å². The molecule has 0 saturated carbocycles. The second kappa shape index (κ2) is 4.37. The monoisotopic (exact) mass is 112 g/mol. The zero-order valence-electron chi connectivity index (χ0n) is 5.46. The first-order valence-electron chi connectivity index (χ1n) is 2.62. The van der Waals surface area contributed by atoms with Gasteiger partial charge in [0, 0.05) is 13.3 Å². The van der Waals surface area contributed by atoms with Crippen LogP contribution in [0.5, 0.6) is 0 Å². The molecule has 0 aromatic rings. The summed E-state index contributed by atoms with van der Waals surface area (Å²) in [4.78, 5) is 0. The smallest absolute Gasteiger partial charge is 0.0535 e. The summed E-state index contributed by atoms with van der Waals surface area (Å²) in [6, 6.07) is 0. The van der Waals surface area contributed by atoms with Crippen molar-refractivity contribution in [1.82, 2.24) is 5.01 Å². The van der Waals surface area contributed by atoms with E-state index in [9.17, 15) is 0 Å². The molecular weight excluding hydrogens is 100 g/mol. The van der Waals surface area contributed by atoms with Crippen LogP contribution in [0.15, 0.2) is 17.8 Å². The van der Waals surface area contributed by atoms with Gasteiger partial charge in [0.1, 0.15) is 0 Å². The van der Waals surface area contributed by atoms with E-state index in [0.29, 0.717) is 0 Å². The highest BCUT2D eigenvalue weighted by Gasteiger charge is 1.80. The third-order valence-electron chi connectivity index (χ3n) is 0.706. The summed E-state index contributed by atoms with van der Waals surface area (Å²) in [6.07, 6.45) is 3.57. The van der Waals surface area contributed by atoms with E-state index >= 15 is 0 Å². The van der Waals surface area contributed by atoms with E-state index in [0.717, 1.165) is 6.54 Å². The first-order valence-corrected chi connectivity index (χ1v) is 2.62. The van der Waals surface area contributed by atoms with Crippen LogP contribution in [0.2, 0.25) is 0 Å². The fourth-order valence-electron chi connectivity index (χ4n) is 0.431. The summed E-state index contributed by atoms with van der Waals surface area (Å²) >= 11 is 0. The van der Waals surface area contributed by atoms with Crippen LogP contribution in [0, 0.1) is 0 Å². The molecule has 0 fully saturated rings. The Kier molecular flexibility index (Phi) is 3.94. The fourth-order valence-corrected chi connectivity index (χ4v) is 0.431. The lowest BCUT2D eigenvalue weighted by Crippen LogP contribution is -2.09. The Bertz CT molecular complexity index is 86.5. The van der Waals surface area contributed by atoms with Gasteiger partial charge in [-0.1, -0.05) is 6.08 Å². The Morgan fingerprint density at radius 1 is 1.75 bits per heavy atom. The molecule has 0 N–H and O–H groups in total. The van der Waals surface area contributed by atoms with Crippen molar-refractivity contribution in [2.24, 2.45) is 5.10 Å². The van der Waals surface area contributed by atoms with Gasteiger partial charge >= 0.3 is 0 Å². The molecule has 0 amide bonds. The van der Waals surface area contributed by atoms with Gasteiger partial charge in [-0.3, -0.25) is 5.01 Å². The molecule has 0 heterocycles. The van der Waals surface area contributed by atoms with Gasteiger partial charge in [0.2, 0.25) is 0 Å². The van der Waals surface area contributed by atoms with Gasteiger partial charge in [-0.05, 0) is 6.92 Å². The molecule has 0 aromatic carbocycles. The molecule has 0 aliphatic rings. The highest BCUT2D eigenvalue weighted by molar-refractivity contribution is 5.52. The minimum absolute atomic E-state index is 0.810. The van der Waals surface area contributed by atoms with Gasteiger partial charge in [0.05, 0.1) is 6.54 Å². The van der Waals surface area contributed by atoms with E-state index in [4.69, 9.17) is 0 Å². The Morgan fingerprint density at radius 2 is 2.38 bits per heavy atom. The van der Waals surface area contributed by atoms with Crippen LogP contribution in [-0.4, -0.2) is 24.8 Å². The third-order valence-corrected chi connectivity index (χ3v) is 0.706. The minimum Gasteiger partial charge on any atom is -0.297 e. The molecule has 0 radical (unpaired) electrons. The highest BCUT2D eigenvalue weighted by Crippen LogP contribution is 1.79. The molecule has 0 aliphatic heterocycles. The number of rotatable bonds is 3. The summed E-state index contributed by atoms with van der Waals surface area (Å²) in [5, 5.41) is 5.76. The molecule has 0 spiro atoms. The van der Waals surface area contributed by atoms with Crippen LogP contribution in [0.4, 0.5) is 0 Å². The molecular formula is C6H12N2. The van der Waals surface area contributed by atoms with Crippen molar-refractivity contribution < 1.29 is 0 Å². The molecule has 46 valence electrons. The largest absolute Gasteiger partial charge is 0.297 e. The quantitative estimate of drug-likeness (QED) is 0.303. The second-order valence-corrected chi connectivity index (χ2v) is 1.50. The number of hydrogen-bond acceptors (Lipinski definition) is 2. The second-order valence-electron chi connectivity index (χ2n) is 1.50. The van der Waals surface area contributed by atoms with Crippen LogP contribution in [0.3, 0.4) is 0 Å². The molecule has 0 saturated heterocycles. The van der Waals surface area contributed by atoms with Gasteiger partial charge in [0.15, 0.2) is 0 Å². The zero-order chi connectivity index (χ0) is 6.41. The summed E-state index contributed by atoms with van der Waals surface area (Å²) in [6.45, 7) is 6.27. The molecule has 8 heavy (non-hydrogen) atoms. The van der Waals surface area contributed by atoms with Crippen LogP contribution < -0.4 is 0 Å². The number of hydrazone groups is 1. The summed E-state index contributed by atoms with van der Waals surface area (Å²) in [7, 11) is 1.90. The van der Waals surface area contributed by atoms with Crippen LogP contribution >= 0.6 is 0 Å². The van der Waals surface area contributed by atoms with E-state index < -0.39 is 0 Å². The van der Waals surface area contributed by atoms with Gasteiger partial charge in [-0.25, -0.2) is 0 Å². The average molecular weight is 112 g/mol. The number of hydrogen-bond donors (Lipinski definition) is 0. The Morgan fingerprint density at radius 3 is 2.75 bits per heavy atom. The molecule has 2 nitrogen and oxygen atoms in total. The average Bonchev–Trinajstić information content (AvgIpc) is 1.68. The predicted octanol–water partition coefficient (Wildman–Crippen LogP) is 1.11. The van der Waals surface area contributed by atoms with Crippen LogP contribution in [0.25, 0.3) is 0 Å². The van der Waals surface area contributed by atoms with Gasteiger partial charge in [0.25, 0.3) is 0 Å². The molecule has 0 unspecified atom stereocenters. The number of likely N-dealkylation sites (N-methyl/N-ethyl adjacent to an activating group) is 1. The van der Waals surface area contributed by atoms with Crippen molar-refractivity contribution in [3.63, 3.8) is 0 Å². The molecule has 0 aliphatic carbocycles. The molecule has 0 rings (SSSR count). The van der Waals surface area contributed by atoms with Crippen LogP contribution in [0.1, 0.15) is 6.92 Å². The summed E-state index contributed by atoms with van der Waals surface area (Å²) < 4.78 is 0. The Labute approximate surface area is 50.5 Å². The number of nitrogens with zero attached hydrogens (tertiary/aromatic N) is 2. The van der Waals surface area contributed by atoms with Gasteiger partial charge in [-0.2, -0.15) is 5.10 Å². The lowest BCUT2D eigenvalue weighted by atomic mass is 10.6. The van der Waals surface area contributed by atoms with Crippen molar-refractivity contribution in [2.75, 3.05) is 13.6 Å². The molecule has 0 bridgehead atoms. The maximum absolute atomic E-state index is 3.95. The predicted molar refractivity (Wildman–Crippen MR) is 37.0 cm³/mol. The summed E-state index contributed by atoms with van der Waals surface area (Å²) in [5.74, 6) is 0. The maximum atomic E-state index is 3.95. The maximum Gasteiger partial charge on any atom is 0.0535 e. The van der Waals surface area contributed by atoms with Crippen molar-refractivity contribution >= 4 is 6.21 Å². The van der Waals surface area contributed by atoms with Crippen molar-refractivity contribution in [3.8, 4) is 0 Å². The first-order chi connectivity index (χ1) is 3.81. The normalized spacial score (nSPS) is 9.75. The first kappa shape index (κ1) is 7.21. The van der Waals surface area contributed by atoms with Crippen LogP contribution in [-0.2, 0) is 0 Å². The Balaban J connectivity index is 3.31. The van der Waals surface area contributed by atoms with E-state index in [2.05, 4.69) is 11.7 Å². The van der Waals surface area contributed by atoms with E-state index in [1.54, 1.807) is 6.21 Å². The lowest BCUT2D eigenvalue weighted by Gasteiger charge is -2.06. The lowest BCUT2D eigenvalue weighted by molar-refractivity contribution is 0.397. The fraction of sp³-hybridized carbons (Fsp3) is 0.500.